The number of sulfonamides is 1. The SMILES string of the molecule is Cl.NCCCNC(=O)c1cc(S(=O)(=O)N2CCSCC2)c[nH]1. The van der Waals surface area contributed by atoms with E-state index in [2.05, 4.69) is 10.3 Å². The van der Waals surface area contributed by atoms with E-state index in [0.717, 1.165) is 11.5 Å². The minimum atomic E-state index is -3.51. The number of aromatic amines is 1. The first-order valence-electron chi connectivity index (χ1n) is 6.80. The van der Waals surface area contributed by atoms with Crippen molar-refractivity contribution < 1.29 is 13.2 Å². The van der Waals surface area contributed by atoms with Gasteiger partial charge in [0.15, 0.2) is 0 Å². The summed E-state index contributed by atoms with van der Waals surface area (Å²) >= 11 is 1.74. The Morgan fingerprint density at radius 3 is 2.73 bits per heavy atom. The molecule has 1 aliphatic heterocycles. The molecule has 0 aromatic carbocycles. The van der Waals surface area contributed by atoms with Crippen molar-refractivity contribution in [3.8, 4) is 0 Å². The van der Waals surface area contributed by atoms with Crippen molar-refractivity contribution >= 4 is 40.1 Å². The van der Waals surface area contributed by atoms with Crippen molar-refractivity contribution in [3.05, 3.63) is 18.0 Å². The highest BCUT2D eigenvalue weighted by atomic mass is 35.5. The number of hydrogen-bond donors (Lipinski definition) is 3. The summed E-state index contributed by atoms with van der Waals surface area (Å²) in [7, 11) is -3.51. The van der Waals surface area contributed by atoms with E-state index in [1.54, 1.807) is 11.8 Å². The molecule has 1 amide bonds. The number of aromatic nitrogens is 1. The van der Waals surface area contributed by atoms with Crippen LogP contribution >= 0.6 is 24.2 Å². The van der Waals surface area contributed by atoms with E-state index in [9.17, 15) is 13.2 Å². The third-order valence-electron chi connectivity index (χ3n) is 3.18. The van der Waals surface area contributed by atoms with Crippen molar-refractivity contribution in [1.29, 1.82) is 0 Å². The van der Waals surface area contributed by atoms with Crippen molar-refractivity contribution in [2.45, 2.75) is 11.3 Å². The zero-order chi connectivity index (χ0) is 15.3. The maximum Gasteiger partial charge on any atom is 0.267 e. The molecule has 0 bridgehead atoms. The summed E-state index contributed by atoms with van der Waals surface area (Å²) in [5.41, 5.74) is 5.60. The molecule has 7 nitrogen and oxygen atoms in total. The average Bonchev–Trinajstić information content (AvgIpc) is 2.99. The highest BCUT2D eigenvalue weighted by Gasteiger charge is 2.27. The van der Waals surface area contributed by atoms with Crippen molar-refractivity contribution in [3.63, 3.8) is 0 Å². The molecule has 1 fully saturated rings. The molecule has 126 valence electrons. The van der Waals surface area contributed by atoms with Crippen LogP contribution in [0.3, 0.4) is 0 Å². The van der Waals surface area contributed by atoms with E-state index in [4.69, 9.17) is 5.73 Å². The molecule has 0 saturated carbocycles. The monoisotopic (exact) mass is 368 g/mol. The van der Waals surface area contributed by atoms with Crippen LogP contribution in [0.2, 0.25) is 0 Å². The number of H-pyrrole nitrogens is 1. The second kappa shape index (κ2) is 8.78. The molecular weight excluding hydrogens is 348 g/mol. The normalized spacial score (nSPS) is 16.0. The van der Waals surface area contributed by atoms with Crippen LogP contribution in [0.15, 0.2) is 17.2 Å². The first-order valence-corrected chi connectivity index (χ1v) is 9.40. The lowest BCUT2D eigenvalue weighted by Gasteiger charge is -2.24. The van der Waals surface area contributed by atoms with Gasteiger partial charge in [0, 0.05) is 37.3 Å². The van der Waals surface area contributed by atoms with Gasteiger partial charge in [-0.2, -0.15) is 16.1 Å². The summed E-state index contributed by atoms with van der Waals surface area (Å²) in [5.74, 6) is 1.28. The van der Waals surface area contributed by atoms with Gasteiger partial charge in [-0.3, -0.25) is 4.79 Å². The predicted molar refractivity (Wildman–Crippen MR) is 90.1 cm³/mol. The average molecular weight is 369 g/mol. The molecule has 0 radical (unpaired) electrons. The quantitative estimate of drug-likeness (QED) is 0.624. The minimum absolute atomic E-state index is 0. The second-order valence-corrected chi connectivity index (χ2v) is 7.83. The van der Waals surface area contributed by atoms with Crippen LogP contribution in [0.25, 0.3) is 0 Å². The maximum atomic E-state index is 12.4. The molecule has 1 saturated heterocycles. The largest absolute Gasteiger partial charge is 0.356 e. The van der Waals surface area contributed by atoms with Gasteiger partial charge in [0.1, 0.15) is 10.6 Å². The van der Waals surface area contributed by atoms with Crippen LogP contribution in [-0.2, 0) is 10.0 Å². The molecule has 4 N–H and O–H groups in total. The Morgan fingerprint density at radius 1 is 1.41 bits per heavy atom. The lowest BCUT2D eigenvalue weighted by atomic mass is 10.4. The van der Waals surface area contributed by atoms with Crippen LogP contribution < -0.4 is 11.1 Å². The smallest absolute Gasteiger partial charge is 0.267 e. The molecule has 1 aromatic heterocycles. The summed E-state index contributed by atoms with van der Waals surface area (Å²) in [6.07, 6.45) is 2.05. The standard InChI is InChI=1S/C12H20N4O3S2.ClH/c13-2-1-3-14-12(17)11-8-10(9-15-11)21(18,19)16-4-6-20-7-5-16;/h8-9,15H,1-7,13H2,(H,14,17);1H. The Labute approximate surface area is 140 Å². The lowest BCUT2D eigenvalue weighted by molar-refractivity contribution is 0.0949. The van der Waals surface area contributed by atoms with E-state index in [0.29, 0.717) is 32.6 Å². The van der Waals surface area contributed by atoms with Gasteiger partial charge >= 0.3 is 0 Å². The van der Waals surface area contributed by atoms with E-state index >= 15 is 0 Å². The van der Waals surface area contributed by atoms with Crippen molar-refractivity contribution in [2.75, 3.05) is 37.7 Å². The Kier molecular flexibility index (Phi) is 7.70. The third kappa shape index (κ3) is 4.63. The number of carbonyl (C=O) groups is 1. The van der Waals surface area contributed by atoms with E-state index in [1.165, 1.54) is 16.6 Å². The number of hydrogen-bond acceptors (Lipinski definition) is 5. The van der Waals surface area contributed by atoms with Crippen LogP contribution in [0.5, 0.6) is 0 Å². The number of carbonyl (C=O) groups excluding carboxylic acids is 1. The van der Waals surface area contributed by atoms with Crippen LogP contribution in [0.4, 0.5) is 0 Å². The van der Waals surface area contributed by atoms with Crippen molar-refractivity contribution in [1.82, 2.24) is 14.6 Å². The van der Waals surface area contributed by atoms with Gasteiger partial charge in [-0.1, -0.05) is 0 Å². The molecule has 0 aliphatic carbocycles. The fourth-order valence-corrected chi connectivity index (χ4v) is 4.56. The summed E-state index contributed by atoms with van der Waals surface area (Å²) < 4.78 is 26.3. The number of rotatable bonds is 6. The number of thioether (sulfide) groups is 1. The summed E-state index contributed by atoms with van der Waals surface area (Å²) in [5, 5.41) is 2.68. The number of halogens is 1. The highest BCUT2D eigenvalue weighted by Crippen LogP contribution is 2.20. The molecule has 2 heterocycles. The van der Waals surface area contributed by atoms with E-state index < -0.39 is 10.0 Å². The molecule has 1 aromatic rings. The molecule has 0 spiro atoms. The zero-order valence-electron chi connectivity index (χ0n) is 12.1. The summed E-state index contributed by atoms with van der Waals surface area (Å²) in [4.78, 5) is 14.7. The Morgan fingerprint density at radius 2 is 2.09 bits per heavy atom. The first-order chi connectivity index (χ1) is 10.1. The van der Waals surface area contributed by atoms with Crippen LogP contribution in [0.1, 0.15) is 16.9 Å². The maximum absolute atomic E-state index is 12.4. The minimum Gasteiger partial charge on any atom is -0.356 e. The van der Waals surface area contributed by atoms with Gasteiger partial charge in [-0.15, -0.1) is 12.4 Å². The van der Waals surface area contributed by atoms with Gasteiger partial charge in [0.2, 0.25) is 10.0 Å². The number of nitrogens with zero attached hydrogens (tertiary/aromatic N) is 1. The van der Waals surface area contributed by atoms with E-state index in [-0.39, 0.29) is 28.9 Å². The van der Waals surface area contributed by atoms with Gasteiger partial charge in [-0.25, -0.2) is 8.42 Å². The number of nitrogens with one attached hydrogen (secondary N) is 2. The molecule has 10 heteroatoms. The van der Waals surface area contributed by atoms with Crippen molar-refractivity contribution in [2.24, 2.45) is 5.73 Å². The van der Waals surface area contributed by atoms with Crippen LogP contribution in [0, 0.1) is 0 Å². The van der Waals surface area contributed by atoms with E-state index in [1.807, 2.05) is 0 Å². The Hall–Kier alpha value is -0.740. The van der Waals surface area contributed by atoms with Crippen LogP contribution in [-0.4, -0.2) is 61.3 Å². The zero-order valence-corrected chi connectivity index (χ0v) is 14.5. The predicted octanol–water partition coefficient (Wildman–Crippen LogP) is 0.253. The Bertz CT molecular complexity index is 585. The lowest BCUT2D eigenvalue weighted by Crippen LogP contribution is -2.37. The summed E-state index contributed by atoms with van der Waals surface area (Å²) in [6.45, 7) is 1.99. The molecule has 22 heavy (non-hydrogen) atoms. The van der Waals surface area contributed by atoms with Gasteiger partial charge in [0.25, 0.3) is 5.91 Å². The van der Waals surface area contributed by atoms with Gasteiger partial charge in [-0.05, 0) is 19.0 Å². The second-order valence-electron chi connectivity index (χ2n) is 4.66. The highest BCUT2D eigenvalue weighted by molar-refractivity contribution is 7.99. The number of nitrogens with two attached hydrogens (primary N) is 1. The molecular formula is C12H21ClN4O3S2. The fraction of sp³-hybridized carbons (Fsp3) is 0.583. The van der Waals surface area contributed by atoms with Gasteiger partial charge < -0.3 is 16.0 Å². The third-order valence-corrected chi connectivity index (χ3v) is 5.99. The first kappa shape index (κ1) is 19.3. The molecule has 0 atom stereocenters. The number of amides is 1. The molecule has 2 rings (SSSR count). The summed E-state index contributed by atoms with van der Waals surface area (Å²) in [6, 6.07) is 1.38. The molecule has 0 unspecified atom stereocenters. The topological polar surface area (TPSA) is 108 Å². The fourth-order valence-electron chi connectivity index (χ4n) is 1.99. The van der Waals surface area contributed by atoms with Gasteiger partial charge in [0.05, 0.1) is 0 Å². The Balaban J connectivity index is 0.00000242. The molecule has 1 aliphatic rings.